The predicted octanol–water partition coefficient (Wildman–Crippen LogP) is 3.19. The molecule has 2 saturated heterocycles. The lowest BCUT2D eigenvalue weighted by Gasteiger charge is -2.38. The van der Waals surface area contributed by atoms with Crippen LogP contribution in [0.2, 0.25) is 0 Å². The van der Waals surface area contributed by atoms with Gasteiger partial charge in [0.05, 0.1) is 11.2 Å². The second-order valence-corrected chi connectivity index (χ2v) is 8.49. The van der Waals surface area contributed by atoms with Crippen molar-refractivity contribution in [3.8, 4) is 0 Å². The number of carbonyl (C=O) groups is 2. The lowest BCUT2D eigenvalue weighted by molar-refractivity contribution is -0.142. The summed E-state index contributed by atoms with van der Waals surface area (Å²) in [6, 6.07) is 2.97. The number of hydrogen-bond donors (Lipinski definition) is 1. The standard InChI is InChI=1S/C20H24N2O4S2/c1-14(18(24)21-11-3-2-6-15(21)10-12-23)22-19(25)17(28-20(22)27)9-4-7-16-8-5-13-26-16/h4-5,7-9,13-15,23H,2-3,6,10-12H2,1H3. The van der Waals surface area contributed by atoms with E-state index in [0.29, 0.717) is 28.0 Å². The second-order valence-electron chi connectivity index (χ2n) is 6.82. The Labute approximate surface area is 174 Å². The summed E-state index contributed by atoms with van der Waals surface area (Å²) in [4.78, 5) is 29.6. The molecule has 0 aromatic carbocycles. The van der Waals surface area contributed by atoms with Crippen LogP contribution in [-0.4, -0.2) is 56.3 Å². The van der Waals surface area contributed by atoms with Crippen LogP contribution >= 0.6 is 24.0 Å². The van der Waals surface area contributed by atoms with Gasteiger partial charge in [-0.2, -0.15) is 0 Å². The van der Waals surface area contributed by atoms with E-state index < -0.39 is 6.04 Å². The molecule has 150 valence electrons. The number of amides is 2. The van der Waals surface area contributed by atoms with Gasteiger partial charge < -0.3 is 14.4 Å². The normalized spacial score (nSPS) is 23.2. The van der Waals surface area contributed by atoms with Gasteiger partial charge in [0.2, 0.25) is 5.91 Å². The van der Waals surface area contributed by atoms with Gasteiger partial charge in [0.1, 0.15) is 16.1 Å². The molecular formula is C20H24N2O4S2. The van der Waals surface area contributed by atoms with Crippen LogP contribution in [0.4, 0.5) is 0 Å². The average Bonchev–Trinajstić information content (AvgIpc) is 3.30. The Morgan fingerprint density at radius 3 is 3.04 bits per heavy atom. The first-order chi connectivity index (χ1) is 13.5. The summed E-state index contributed by atoms with van der Waals surface area (Å²) in [6.07, 6.45) is 10.2. The van der Waals surface area contributed by atoms with Crippen molar-refractivity contribution >= 4 is 46.2 Å². The summed E-state index contributed by atoms with van der Waals surface area (Å²) in [5.74, 6) is 0.327. The highest BCUT2D eigenvalue weighted by Crippen LogP contribution is 2.33. The van der Waals surface area contributed by atoms with Crippen molar-refractivity contribution in [3.63, 3.8) is 0 Å². The molecule has 2 amide bonds. The lowest BCUT2D eigenvalue weighted by Crippen LogP contribution is -2.53. The molecule has 1 N–H and O–H groups in total. The maximum absolute atomic E-state index is 13.1. The predicted molar refractivity (Wildman–Crippen MR) is 113 cm³/mol. The Morgan fingerprint density at radius 2 is 2.32 bits per heavy atom. The number of thioether (sulfide) groups is 1. The number of rotatable bonds is 6. The summed E-state index contributed by atoms with van der Waals surface area (Å²) >= 11 is 6.57. The molecule has 0 bridgehead atoms. The van der Waals surface area contributed by atoms with E-state index >= 15 is 0 Å². The molecule has 8 heteroatoms. The van der Waals surface area contributed by atoms with Crippen LogP contribution in [0.3, 0.4) is 0 Å². The molecular weight excluding hydrogens is 396 g/mol. The summed E-state index contributed by atoms with van der Waals surface area (Å²) in [5.41, 5.74) is 0. The van der Waals surface area contributed by atoms with Crippen LogP contribution in [-0.2, 0) is 9.59 Å². The molecule has 0 radical (unpaired) electrons. The highest BCUT2D eigenvalue weighted by atomic mass is 32.2. The van der Waals surface area contributed by atoms with Crippen molar-refractivity contribution in [2.24, 2.45) is 0 Å². The minimum absolute atomic E-state index is 0.0267. The molecule has 2 unspecified atom stereocenters. The van der Waals surface area contributed by atoms with Crippen molar-refractivity contribution < 1.29 is 19.1 Å². The monoisotopic (exact) mass is 420 g/mol. The van der Waals surface area contributed by atoms with Gasteiger partial charge in [-0.3, -0.25) is 14.5 Å². The molecule has 28 heavy (non-hydrogen) atoms. The fourth-order valence-corrected chi connectivity index (χ4v) is 4.90. The Bertz CT molecular complexity index is 786. The van der Waals surface area contributed by atoms with Gasteiger partial charge in [0.15, 0.2) is 0 Å². The number of furan rings is 1. The van der Waals surface area contributed by atoms with E-state index in [2.05, 4.69) is 0 Å². The van der Waals surface area contributed by atoms with Crippen LogP contribution in [0.15, 0.2) is 39.9 Å². The number of aliphatic hydroxyl groups is 1. The van der Waals surface area contributed by atoms with E-state index in [1.165, 1.54) is 16.7 Å². The van der Waals surface area contributed by atoms with E-state index in [1.807, 2.05) is 11.0 Å². The summed E-state index contributed by atoms with van der Waals surface area (Å²) in [6.45, 7) is 2.43. The largest absolute Gasteiger partial charge is 0.465 e. The Balaban J connectivity index is 1.70. The quantitative estimate of drug-likeness (QED) is 0.563. The van der Waals surface area contributed by atoms with Gasteiger partial charge in [0, 0.05) is 19.2 Å². The molecule has 0 spiro atoms. The fourth-order valence-electron chi connectivity index (χ4n) is 3.53. The minimum Gasteiger partial charge on any atom is -0.465 e. The zero-order chi connectivity index (χ0) is 20.1. The first kappa shape index (κ1) is 20.8. The van der Waals surface area contributed by atoms with Crippen LogP contribution in [0, 0.1) is 0 Å². The summed E-state index contributed by atoms with van der Waals surface area (Å²) < 4.78 is 5.61. The Kier molecular flexibility index (Phi) is 7.09. The Morgan fingerprint density at radius 1 is 1.50 bits per heavy atom. The zero-order valence-electron chi connectivity index (χ0n) is 15.7. The molecule has 3 rings (SSSR count). The molecule has 3 heterocycles. The Hall–Kier alpha value is -1.90. The van der Waals surface area contributed by atoms with Crippen LogP contribution in [0.5, 0.6) is 0 Å². The first-order valence-corrected chi connectivity index (χ1v) is 10.6. The highest BCUT2D eigenvalue weighted by molar-refractivity contribution is 8.26. The van der Waals surface area contributed by atoms with Crippen molar-refractivity contribution in [1.82, 2.24) is 9.80 Å². The SMILES string of the molecule is CC(C(=O)N1CCCCC1CCO)N1C(=O)C(=CC=Cc2ccco2)SC1=S. The summed E-state index contributed by atoms with van der Waals surface area (Å²) in [7, 11) is 0. The number of hydrogen-bond acceptors (Lipinski definition) is 6. The number of nitrogens with zero attached hydrogens (tertiary/aromatic N) is 2. The van der Waals surface area contributed by atoms with Crippen molar-refractivity contribution in [2.45, 2.75) is 44.7 Å². The van der Waals surface area contributed by atoms with E-state index in [-0.39, 0.29) is 24.5 Å². The van der Waals surface area contributed by atoms with Crippen molar-refractivity contribution in [1.29, 1.82) is 0 Å². The van der Waals surface area contributed by atoms with Gasteiger partial charge >= 0.3 is 0 Å². The van der Waals surface area contributed by atoms with Gasteiger partial charge in [0.25, 0.3) is 5.91 Å². The topological polar surface area (TPSA) is 74.0 Å². The molecule has 1 aromatic heterocycles. The van der Waals surface area contributed by atoms with Crippen molar-refractivity contribution in [2.75, 3.05) is 13.2 Å². The first-order valence-electron chi connectivity index (χ1n) is 9.41. The number of piperidine rings is 1. The van der Waals surface area contributed by atoms with Crippen molar-refractivity contribution in [3.05, 3.63) is 41.2 Å². The molecule has 0 saturated carbocycles. The smallest absolute Gasteiger partial charge is 0.266 e. The molecule has 2 aliphatic heterocycles. The highest BCUT2D eigenvalue weighted by Gasteiger charge is 2.40. The average molecular weight is 421 g/mol. The number of thiocarbonyl (C=S) groups is 1. The van der Waals surface area contributed by atoms with E-state index in [1.54, 1.807) is 37.5 Å². The summed E-state index contributed by atoms with van der Waals surface area (Å²) in [5, 5.41) is 9.29. The maximum atomic E-state index is 13.1. The van der Waals surface area contributed by atoms with Gasteiger partial charge in [-0.15, -0.1) is 0 Å². The van der Waals surface area contributed by atoms with Gasteiger partial charge in [-0.05, 0) is 56.9 Å². The molecule has 6 nitrogen and oxygen atoms in total. The second kappa shape index (κ2) is 9.54. The van der Waals surface area contributed by atoms with Crippen LogP contribution < -0.4 is 0 Å². The third-order valence-corrected chi connectivity index (χ3v) is 6.34. The van der Waals surface area contributed by atoms with E-state index in [4.69, 9.17) is 16.6 Å². The van der Waals surface area contributed by atoms with Crippen LogP contribution in [0.1, 0.15) is 38.4 Å². The third-order valence-electron chi connectivity index (χ3n) is 4.99. The molecule has 2 fully saturated rings. The zero-order valence-corrected chi connectivity index (χ0v) is 17.4. The number of aliphatic hydroxyl groups excluding tert-OH is 1. The van der Waals surface area contributed by atoms with Gasteiger partial charge in [-0.1, -0.05) is 30.1 Å². The minimum atomic E-state index is -0.660. The fraction of sp³-hybridized carbons (Fsp3) is 0.450. The molecule has 0 aliphatic carbocycles. The molecule has 2 atom stereocenters. The van der Waals surface area contributed by atoms with E-state index in [0.717, 1.165) is 19.3 Å². The maximum Gasteiger partial charge on any atom is 0.266 e. The van der Waals surface area contributed by atoms with Gasteiger partial charge in [-0.25, -0.2) is 0 Å². The van der Waals surface area contributed by atoms with E-state index in [9.17, 15) is 14.7 Å². The van der Waals surface area contributed by atoms with Crippen LogP contribution in [0.25, 0.3) is 6.08 Å². The number of carbonyl (C=O) groups excluding carboxylic acids is 2. The number of likely N-dealkylation sites (tertiary alicyclic amines) is 1. The third kappa shape index (κ3) is 4.56. The molecule has 1 aromatic rings. The number of allylic oxidation sites excluding steroid dienone is 2. The molecule has 2 aliphatic rings. The lowest BCUT2D eigenvalue weighted by atomic mass is 9.98.